The third-order valence-electron chi connectivity index (χ3n) is 2.80. The average Bonchev–Trinajstić information content (AvgIpc) is 2.41. The molecule has 9 heteroatoms. The van der Waals surface area contributed by atoms with Crippen molar-refractivity contribution in [3.05, 3.63) is 62.1 Å². The summed E-state index contributed by atoms with van der Waals surface area (Å²) < 4.78 is 26.7. The van der Waals surface area contributed by atoms with E-state index in [9.17, 15) is 18.5 Å². The van der Waals surface area contributed by atoms with E-state index in [4.69, 9.17) is 23.2 Å². The van der Waals surface area contributed by atoms with E-state index in [2.05, 4.69) is 4.72 Å². The van der Waals surface area contributed by atoms with Gasteiger partial charge >= 0.3 is 0 Å². The first-order valence-corrected chi connectivity index (χ1v) is 8.17. The first-order chi connectivity index (χ1) is 10.2. The predicted octanol–water partition coefficient (Wildman–Crippen LogP) is 4.01. The summed E-state index contributed by atoms with van der Waals surface area (Å²) in [4.78, 5) is 10.3. The highest BCUT2D eigenvalue weighted by molar-refractivity contribution is 7.92. The topological polar surface area (TPSA) is 89.3 Å². The fraction of sp³-hybridized carbons (Fsp3) is 0.0769. The van der Waals surface area contributed by atoms with Gasteiger partial charge in [0.05, 0.1) is 14.8 Å². The Morgan fingerprint density at radius 3 is 2.27 bits per heavy atom. The molecule has 0 saturated heterocycles. The molecule has 0 aliphatic heterocycles. The second kappa shape index (κ2) is 6.12. The lowest BCUT2D eigenvalue weighted by Crippen LogP contribution is -2.14. The highest BCUT2D eigenvalue weighted by atomic mass is 35.5. The van der Waals surface area contributed by atoms with Crippen LogP contribution in [0.25, 0.3) is 0 Å². The Balaban J connectivity index is 2.50. The van der Waals surface area contributed by atoms with E-state index in [1.54, 1.807) is 12.1 Å². The molecule has 0 atom stereocenters. The Morgan fingerprint density at radius 1 is 1.14 bits per heavy atom. The Labute approximate surface area is 136 Å². The molecule has 1 N–H and O–H groups in total. The second-order valence-electron chi connectivity index (χ2n) is 4.46. The predicted molar refractivity (Wildman–Crippen MR) is 85.1 cm³/mol. The van der Waals surface area contributed by atoms with Crippen LogP contribution in [0.15, 0.2) is 41.3 Å². The van der Waals surface area contributed by atoms with Crippen LogP contribution in [0, 0.1) is 17.0 Å². The number of hydrogen-bond acceptors (Lipinski definition) is 4. The highest BCUT2D eigenvalue weighted by Gasteiger charge is 2.24. The van der Waals surface area contributed by atoms with Crippen molar-refractivity contribution in [2.24, 2.45) is 0 Å². The molecule has 22 heavy (non-hydrogen) atoms. The summed E-state index contributed by atoms with van der Waals surface area (Å²) >= 11 is 11.6. The summed E-state index contributed by atoms with van der Waals surface area (Å²) in [5.41, 5.74) is 0.0410. The number of sulfonamides is 1. The second-order valence-corrected chi connectivity index (χ2v) is 6.98. The van der Waals surface area contributed by atoms with Crippen LogP contribution in [0.5, 0.6) is 0 Å². The molecule has 0 spiro atoms. The van der Waals surface area contributed by atoms with E-state index in [1.807, 2.05) is 6.92 Å². The van der Waals surface area contributed by atoms with Crippen LogP contribution in [-0.4, -0.2) is 13.3 Å². The zero-order valence-electron chi connectivity index (χ0n) is 11.2. The first kappa shape index (κ1) is 16.5. The minimum absolute atomic E-state index is 0.0292. The van der Waals surface area contributed by atoms with Gasteiger partial charge in [-0.3, -0.25) is 14.8 Å². The summed E-state index contributed by atoms with van der Waals surface area (Å²) in [6.07, 6.45) is 0. The summed E-state index contributed by atoms with van der Waals surface area (Å²) in [6, 6.07) is 8.28. The Hall–Kier alpha value is -1.83. The van der Waals surface area contributed by atoms with Crippen molar-refractivity contribution in [1.82, 2.24) is 0 Å². The maximum atomic E-state index is 12.3. The fourth-order valence-corrected chi connectivity index (χ4v) is 3.40. The SMILES string of the molecule is Cc1ccc(S(=O)(=O)Nc2c(Cl)cc(Cl)cc2[N+](=O)[O-])cc1. The van der Waals surface area contributed by atoms with Gasteiger partial charge in [0.25, 0.3) is 15.7 Å². The van der Waals surface area contributed by atoms with Crippen LogP contribution in [0.3, 0.4) is 0 Å². The van der Waals surface area contributed by atoms with Gasteiger partial charge in [-0.1, -0.05) is 40.9 Å². The minimum atomic E-state index is -4.00. The summed E-state index contributed by atoms with van der Waals surface area (Å²) in [5.74, 6) is 0. The average molecular weight is 361 g/mol. The lowest BCUT2D eigenvalue weighted by molar-refractivity contribution is -0.383. The van der Waals surface area contributed by atoms with Crippen molar-refractivity contribution >= 4 is 44.6 Å². The third-order valence-corrected chi connectivity index (χ3v) is 4.68. The summed E-state index contributed by atoms with van der Waals surface area (Å²) in [5, 5.41) is 10.9. The van der Waals surface area contributed by atoms with Gasteiger partial charge in [0.1, 0.15) is 5.69 Å². The van der Waals surface area contributed by atoms with Gasteiger partial charge in [0, 0.05) is 11.1 Å². The maximum absolute atomic E-state index is 12.3. The Morgan fingerprint density at radius 2 is 1.73 bits per heavy atom. The van der Waals surface area contributed by atoms with Gasteiger partial charge in [-0.2, -0.15) is 0 Å². The molecule has 2 aromatic carbocycles. The first-order valence-electron chi connectivity index (χ1n) is 5.93. The fourth-order valence-electron chi connectivity index (χ4n) is 1.72. The lowest BCUT2D eigenvalue weighted by atomic mass is 10.2. The van der Waals surface area contributed by atoms with Gasteiger partial charge in [0.15, 0.2) is 0 Å². The molecule has 0 aliphatic carbocycles. The molecule has 0 bridgehead atoms. The van der Waals surface area contributed by atoms with Gasteiger partial charge in [-0.05, 0) is 25.1 Å². The molecule has 0 unspecified atom stereocenters. The lowest BCUT2D eigenvalue weighted by Gasteiger charge is -2.10. The number of halogens is 2. The smallest absolute Gasteiger partial charge is 0.272 e. The van der Waals surface area contributed by atoms with E-state index < -0.39 is 20.6 Å². The molecule has 2 aromatic rings. The molecule has 0 saturated carbocycles. The monoisotopic (exact) mass is 360 g/mol. The van der Waals surface area contributed by atoms with E-state index in [0.717, 1.165) is 11.6 Å². The van der Waals surface area contributed by atoms with Crippen LogP contribution >= 0.6 is 23.2 Å². The molecular formula is C13H10Cl2N2O4S. The van der Waals surface area contributed by atoms with E-state index in [1.165, 1.54) is 18.2 Å². The van der Waals surface area contributed by atoms with Crippen LogP contribution in [0.4, 0.5) is 11.4 Å². The van der Waals surface area contributed by atoms with Crippen molar-refractivity contribution in [1.29, 1.82) is 0 Å². The number of hydrogen-bond donors (Lipinski definition) is 1. The molecule has 0 amide bonds. The van der Waals surface area contributed by atoms with Gasteiger partial charge in [0.2, 0.25) is 0 Å². The van der Waals surface area contributed by atoms with Crippen molar-refractivity contribution in [3.63, 3.8) is 0 Å². The van der Waals surface area contributed by atoms with Gasteiger partial charge < -0.3 is 0 Å². The molecule has 116 valence electrons. The molecule has 0 aliphatic rings. The van der Waals surface area contributed by atoms with Crippen molar-refractivity contribution in [3.8, 4) is 0 Å². The molecule has 0 radical (unpaired) electrons. The van der Waals surface area contributed by atoms with Crippen LogP contribution in [-0.2, 0) is 10.0 Å². The van der Waals surface area contributed by atoms with E-state index >= 15 is 0 Å². The summed E-state index contributed by atoms with van der Waals surface area (Å²) in [7, 11) is -4.00. The number of anilines is 1. The quantitative estimate of drug-likeness (QED) is 0.658. The zero-order chi connectivity index (χ0) is 16.5. The van der Waals surface area contributed by atoms with Gasteiger partial charge in [-0.15, -0.1) is 0 Å². The third kappa shape index (κ3) is 3.49. The van der Waals surface area contributed by atoms with E-state index in [-0.39, 0.29) is 20.6 Å². The van der Waals surface area contributed by atoms with Crippen molar-refractivity contribution in [2.75, 3.05) is 4.72 Å². The standard InChI is InChI=1S/C13H10Cl2N2O4S/c1-8-2-4-10(5-3-8)22(20,21)16-13-11(15)6-9(14)7-12(13)17(18)19/h2-7,16H,1H3. The Bertz CT molecular complexity index is 836. The molecule has 6 nitrogen and oxygen atoms in total. The molecular weight excluding hydrogens is 351 g/mol. The normalized spacial score (nSPS) is 11.2. The number of nitro benzene ring substituents is 1. The van der Waals surface area contributed by atoms with Crippen LogP contribution < -0.4 is 4.72 Å². The van der Waals surface area contributed by atoms with E-state index in [0.29, 0.717) is 0 Å². The molecule has 2 rings (SSSR count). The van der Waals surface area contributed by atoms with Crippen molar-refractivity contribution in [2.45, 2.75) is 11.8 Å². The number of aryl methyl sites for hydroxylation is 1. The van der Waals surface area contributed by atoms with Gasteiger partial charge in [-0.25, -0.2) is 8.42 Å². The maximum Gasteiger partial charge on any atom is 0.296 e. The molecule has 0 heterocycles. The van der Waals surface area contributed by atoms with Crippen molar-refractivity contribution < 1.29 is 13.3 Å². The summed E-state index contributed by atoms with van der Waals surface area (Å²) in [6.45, 7) is 1.81. The van der Waals surface area contributed by atoms with Crippen LogP contribution in [0.2, 0.25) is 10.0 Å². The zero-order valence-corrected chi connectivity index (χ0v) is 13.5. The number of rotatable bonds is 4. The number of nitro groups is 1. The number of nitrogens with one attached hydrogen (secondary N) is 1. The Kier molecular flexibility index (Phi) is 4.60. The number of benzene rings is 2. The highest BCUT2D eigenvalue weighted by Crippen LogP contribution is 2.36. The molecule has 0 aromatic heterocycles. The van der Waals surface area contributed by atoms with Crippen LogP contribution in [0.1, 0.15) is 5.56 Å². The molecule has 0 fully saturated rings. The number of nitrogens with zero attached hydrogens (tertiary/aromatic N) is 1. The largest absolute Gasteiger partial charge is 0.296 e. The minimum Gasteiger partial charge on any atom is -0.272 e.